The molecule has 0 bridgehead atoms. The lowest BCUT2D eigenvalue weighted by Crippen LogP contribution is -2.48. The van der Waals surface area contributed by atoms with Crippen LogP contribution in [-0.2, 0) is 11.3 Å². The van der Waals surface area contributed by atoms with E-state index in [1.807, 2.05) is 6.92 Å². The molecular weight excluding hydrogens is 374 g/mol. The van der Waals surface area contributed by atoms with E-state index < -0.39 is 5.66 Å². The van der Waals surface area contributed by atoms with E-state index in [2.05, 4.69) is 53.6 Å². The maximum absolute atomic E-state index is 12.5. The molecule has 0 spiro atoms. The van der Waals surface area contributed by atoms with Gasteiger partial charge in [0.2, 0.25) is 0 Å². The van der Waals surface area contributed by atoms with E-state index in [0.717, 1.165) is 29.2 Å². The molecule has 1 saturated heterocycles. The molecule has 30 heavy (non-hydrogen) atoms. The molecule has 2 atom stereocenters. The van der Waals surface area contributed by atoms with Gasteiger partial charge in [-0.1, -0.05) is 18.6 Å². The summed E-state index contributed by atoms with van der Waals surface area (Å²) in [4.78, 5) is 15.1. The summed E-state index contributed by atoms with van der Waals surface area (Å²) < 4.78 is 0. The second-order valence-electron chi connectivity index (χ2n) is 9.09. The van der Waals surface area contributed by atoms with Crippen molar-refractivity contribution >= 4 is 11.6 Å². The quantitative estimate of drug-likeness (QED) is 0.454. The normalized spacial score (nSPS) is 27.7. The van der Waals surface area contributed by atoms with Crippen molar-refractivity contribution in [3.05, 3.63) is 64.5 Å². The number of nitrogens with zero attached hydrogens (tertiary/aromatic N) is 1. The van der Waals surface area contributed by atoms with Crippen molar-refractivity contribution in [2.24, 2.45) is 11.5 Å². The SMILES string of the molecule is C/C(Nc1ccc(CN2C(C)CCCC2C)cc1)=C1/C(=O)NC2=C1CC(N)(N)C=C2. The van der Waals surface area contributed by atoms with Crippen molar-refractivity contribution in [2.45, 2.75) is 70.7 Å². The fourth-order valence-electron chi connectivity index (χ4n) is 4.83. The van der Waals surface area contributed by atoms with Crippen molar-refractivity contribution in [1.29, 1.82) is 0 Å². The number of hydrogen-bond acceptors (Lipinski definition) is 5. The summed E-state index contributed by atoms with van der Waals surface area (Å²) in [5, 5.41) is 6.30. The number of allylic oxidation sites excluding steroid dienone is 2. The molecule has 4 rings (SSSR count). The van der Waals surface area contributed by atoms with Gasteiger partial charge in [-0.3, -0.25) is 9.69 Å². The van der Waals surface area contributed by atoms with Gasteiger partial charge in [-0.05, 0) is 69.0 Å². The number of rotatable bonds is 4. The number of amides is 1. The number of likely N-dealkylation sites (tertiary alicyclic amines) is 1. The number of hydrogen-bond donors (Lipinski definition) is 4. The minimum absolute atomic E-state index is 0.114. The number of piperidine rings is 1. The van der Waals surface area contributed by atoms with Crippen LogP contribution in [0, 0.1) is 0 Å². The molecule has 2 unspecified atom stereocenters. The van der Waals surface area contributed by atoms with Crippen LogP contribution in [0.4, 0.5) is 5.69 Å². The van der Waals surface area contributed by atoms with E-state index >= 15 is 0 Å². The van der Waals surface area contributed by atoms with E-state index in [1.165, 1.54) is 24.8 Å². The Hall–Kier alpha value is -2.41. The third-order valence-corrected chi connectivity index (χ3v) is 6.55. The minimum atomic E-state index is -0.930. The first-order valence-electron chi connectivity index (χ1n) is 10.9. The second-order valence-corrected chi connectivity index (χ2v) is 9.09. The summed E-state index contributed by atoms with van der Waals surface area (Å²) >= 11 is 0. The van der Waals surface area contributed by atoms with Gasteiger partial charge in [-0.2, -0.15) is 0 Å². The Morgan fingerprint density at radius 2 is 1.87 bits per heavy atom. The molecule has 1 aromatic rings. The molecular formula is C24H33N5O. The first-order valence-corrected chi connectivity index (χ1v) is 10.9. The molecule has 6 nitrogen and oxygen atoms in total. The largest absolute Gasteiger partial charge is 0.358 e. The van der Waals surface area contributed by atoms with E-state index in [1.54, 1.807) is 12.2 Å². The first-order chi connectivity index (χ1) is 14.2. The smallest absolute Gasteiger partial charge is 0.257 e. The Bertz CT molecular complexity index is 915. The molecule has 0 radical (unpaired) electrons. The van der Waals surface area contributed by atoms with E-state index in [4.69, 9.17) is 11.5 Å². The summed E-state index contributed by atoms with van der Waals surface area (Å²) in [5.74, 6) is -0.114. The van der Waals surface area contributed by atoms with Gasteiger partial charge in [0.25, 0.3) is 5.91 Å². The molecule has 2 heterocycles. The highest BCUT2D eigenvalue weighted by Crippen LogP contribution is 2.33. The maximum Gasteiger partial charge on any atom is 0.257 e. The Labute approximate surface area is 179 Å². The van der Waals surface area contributed by atoms with Crippen molar-refractivity contribution in [3.63, 3.8) is 0 Å². The monoisotopic (exact) mass is 407 g/mol. The standard InChI is InChI=1S/C24H33N5O/c1-15-5-4-6-16(2)29(15)14-18-7-9-19(10-8-18)27-17(3)22-20-13-24(25,26)12-11-21(20)28-23(22)30/h7-12,15-16,27H,4-6,13-14,25-26H2,1-3H3,(H,28,30)/b22-17-. The van der Waals surface area contributed by atoms with Crippen LogP contribution in [-0.4, -0.2) is 28.6 Å². The van der Waals surface area contributed by atoms with Crippen molar-refractivity contribution in [1.82, 2.24) is 10.2 Å². The van der Waals surface area contributed by atoms with Gasteiger partial charge >= 0.3 is 0 Å². The van der Waals surface area contributed by atoms with Gasteiger partial charge in [0.15, 0.2) is 0 Å². The molecule has 6 heteroatoms. The zero-order chi connectivity index (χ0) is 21.5. The molecule has 0 aromatic heterocycles. The maximum atomic E-state index is 12.5. The highest BCUT2D eigenvalue weighted by molar-refractivity contribution is 6.04. The van der Waals surface area contributed by atoms with Gasteiger partial charge < -0.3 is 22.1 Å². The molecule has 3 aliphatic rings. The highest BCUT2D eigenvalue weighted by Gasteiger charge is 2.34. The second kappa shape index (κ2) is 8.02. The van der Waals surface area contributed by atoms with Crippen molar-refractivity contribution < 1.29 is 4.79 Å². The van der Waals surface area contributed by atoms with E-state index in [0.29, 0.717) is 24.1 Å². The average Bonchev–Trinajstić information content (AvgIpc) is 3.00. The fraction of sp³-hybridized carbons (Fsp3) is 0.458. The third-order valence-electron chi connectivity index (χ3n) is 6.55. The molecule has 6 N–H and O–H groups in total. The van der Waals surface area contributed by atoms with Gasteiger partial charge in [-0.25, -0.2) is 0 Å². The number of carbonyl (C=O) groups is 1. The molecule has 1 fully saturated rings. The predicted molar refractivity (Wildman–Crippen MR) is 121 cm³/mol. The van der Waals surface area contributed by atoms with Gasteiger partial charge in [0.1, 0.15) is 0 Å². The summed E-state index contributed by atoms with van der Waals surface area (Å²) in [6.07, 6.45) is 7.84. The Morgan fingerprint density at radius 1 is 1.20 bits per heavy atom. The van der Waals surface area contributed by atoms with Gasteiger partial charge in [0.05, 0.1) is 11.2 Å². The summed E-state index contributed by atoms with van der Waals surface area (Å²) in [6.45, 7) is 7.55. The van der Waals surface area contributed by atoms with Crippen LogP contribution in [0.25, 0.3) is 0 Å². The molecule has 2 aliphatic heterocycles. The first kappa shape index (κ1) is 20.8. The van der Waals surface area contributed by atoms with Crippen molar-refractivity contribution in [3.8, 4) is 0 Å². The Kier molecular flexibility index (Phi) is 5.57. The third kappa shape index (κ3) is 4.21. The highest BCUT2D eigenvalue weighted by atomic mass is 16.2. The lowest BCUT2D eigenvalue weighted by molar-refractivity contribution is -0.116. The fourth-order valence-corrected chi connectivity index (χ4v) is 4.83. The topological polar surface area (TPSA) is 96.4 Å². The van der Waals surface area contributed by atoms with Crippen molar-refractivity contribution in [2.75, 3.05) is 5.32 Å². The summed E-state index contributed by atoms with van der Waals surface area (Å²) in [5.41, 5.74) is 16.6. The van der Waals surface area contributed by atoms with Crippen LogP contribution in [0.2, 0.25) is 0 Å². The van der Waals surface area contributed by atoms with Gasteiger partial charge in [-0.15, -0.1) is 0 Å². The number of anilines is 1. The summed E-state index contributed by atoms with van der Waals surface area (Å²) in [6, 6.07) is 9.76. The zero-order valence-electron chi connectivity index (χ0n) is 18.2. The van der Waals surface area contributed by atoms with E-state index in [-0.39, 0.29) is 5.91 Å². The summed E-state index contributed by atoms with van der Waals surface area (Å²) in [7, 11) is 0. The molecule has 1 amide bonds. The van der Waals surface area contributed by atoms with Crippen LogP contribution in [0.1, 0.15) is 52.0 Å². The lowest BCUT2D eigenvalue weighted by Gasteiger charge is -2.39. The van der Waals surface area contributed by atoms with Crippen LogP contribution < -0.4 is 22.1 Å². The van der Waals surface area contributed by atoms with Crippen LogP contribution in [0.5, 0.6) is 0 Å². The molecule has 160 valence electrons. The molecule has 1 aliphatic carbocycles. The number of nitrogens with two attached hydrogens (primary N) is 2. The van der Waals surface area contributed by atoms with E-state index in [9.17, 15) is 4.79 Å². The number of nitrogens with one attached hydrogen (secondary N) is 2. The molecule has 0 saturated carbocycles. The van der Waals surface area contributed by atoms with Crippen LogP contribution in [0.15, 0.2) is 59.0 Å². The average molecular weight is 408 g/mol. The zero-order valence-corrected chi connectivity index (χ0v) is 18.2. The number of carbonyl (C=O) groups excluding carboxylic acids is 1. The minimum Gasteiger partial charge on any atom is -0.358 e. The van der Waals surface area contributed by atoms with Crippen LogP contribution >= 0.6 is 0 Å². The van der Waals surface area contributed by atoms with Gasteiger partial charge in [0, 0.05) is 42.1 Å². The lowest BCUT2D eigenvalue weighted by atomic mass is 9.90. The Balaban J connectivity index is 1.48. The number of benzene rings is 1. The predicted octanol–water partition coefficient (Wildman–Crippen LogP) is 3.09. The Morgan fingerprint density at radius 3 is 2.53 bits per heavy atom. The molecule has 1 aromatic carbocycles. The van der Waals surface area contributed by atoms with Crippen LogP contribution in [0.3, 0.4) is 0 Å².